The quantitative estimate of drug-likeness (QED) is 0.617. The van der Waals surface area contributed by atoms with Crippen LogP contribution >= 0.6 is 11.6 Å². The fourth-order valence-electron chi connectivity index (χ4n) is 2.69. The standard InChI is InChI=1S/C15H19ClN4O4/c1-9(19-6-4-10(5-7-19)14(17)21)15(22)18-13-3-2-11(20(23)24)8-12(13)16/h2-3,8-10H,4-7H2,1H3,(H2,17,21)(H,18,22). The molecule has 1 aromatic rings. The summed E-state index contributed by atoms with van der Waals surface area (Å²) in [7, 11) is 0. The molecule has 0 spiro atoms. The first-order valence-electron chi connectivity index (χ1n) is 7.57. The summed E-state index contributed by atoms with van der Waals surface area (Å²) in [6.45, 7) is 2.98. The predicted molar refractivity (Wildman–Crippen MR) is 89.7 cm³/mol. The highest BCUT2D eigenvalue weighted by molar-refractivity contribution is 6.34. The molecule has 1 aliphatic rings. The SMILES string of the molecule is CC(C(=O)Nc1ccc([N+](=O)[O-])cc1Cl)N1CCC(C(N)=O)CC1. The Balaban J connectivity index is 1.97. The summed E-state index contributed by atoms with van der Waals surface area (Å²) in [4.78, 5) is 35.7. The van der Waals surface area contributed by atoms with E-state index >= 15 is 0 Å². The summed E-state index contributed by atoms with van der Waals surface area (Å²) in [6, 6.07) is 3.47. The number of nitrogens with two attached hydrogens (primary N) is 1. The van der Waals surface area contributed by atoms with Gasteiger partial charge in [-0.05, 0) is 38.9 Å². The molecule has 8 nitrogen and oxygen atoms in total. The number of carbonyl (C=O) groups is 2. The Morgan fingerprint density at radius 2 is 2.04 bits per heavy atom. The van der Waals surface area contributed by atoms with E-state index in [1.807, 2.05) is 4.90 Å². The van der Waals surface area contributed by atoms with Crippen LogP contribution in [0.2, 0.25) is 5.02 Å². The lowest BCUT2D eigenvalue weighted by Gasteiger charge is -2.34. The van der Waals surface area contributed by atoms with Gasteiger partial charge in [-0.25, -0.2) is 0 Å². The molecule has 1 aromatic carbocycles. The van der Waals surface area contributed by atoms with Crippen molar-refractivity contribution in [2.75, 3.05) is 18.4 Å². The number of benzene rings is 1. The van der Waals surface area contributed by atoms with E-state index in [1.54, 1.807) is 6.92 Å². The molecule has 9 heteroatoms. The van der Waals surface area contributed by atoms with Crippen LogP contribution in [0.15, 0.2) is 18.2 Å². The van der Waals surface area contributed by atoms with E-state index in [9.17, 15) is 19.7 Å². The molecule has 24 heavy (non-hydrogen) atoms. The Labute approximate surface area is 144 Å². The fourth-order valence-corrected chi connectivity index (χ4v) is 2.92. The minimum absolute atomic E-state index is 0.109. The third kappa shape index (κ3) is 4.21. The average molecular weight is 355 g/mol. The number of piperidine rings is 1. The Kier molecular flexibility index (Phi) is 5.74. The number of nitro benzene ring substituents is 1. The number of anilines is 1. The van der Waals surface area contributed by atoms with E-state index < -0.39 is 11.0 Å². The number of halogens is 1. The molecule has 1 atom stereocenters. The molecule has 0 bridgehead atoms. The predicted octanol–water partition coefficient (Wildman–Crippen LogP) is 1.77. The highest BCUT2D eigenvalue weighted by atomic mass is 35.5. The van der Waals surface area contributed by atoms with E-state index in [1.165, 1.54) is 18.2 Å². The van der Waals surface area contributed by atoms with Gasteiger partial charge in [0.05, 0.1) is 21.7 Å². The third-order valence-corrected chi connectivity index (χ3v) is 4.59. The number of carbonyl (C=O) groups excluding carboxylic acids is 2. The van der Waals surface area contributed by atoms with Gasteiger partial charge in [-0.1, -0.05) is 11.6 Å². The lowest BCUT2D eigenvalue weighted by atomic mass is 9.95. The van der Waals surface area contributed by atoms with Gasteiger partial charge in [0.15, 0.2) is 0 Å². The van der Waals surface area contributed by atoms with Crippen molar-refractivity contribution in [2.45, 2.75) is 25.8 Å². The molecule has 1 fully saturated rings. The van der Waals surface area contributed by atoms with Crippen LogP contribution in [-0.4, -0.2) is 40.8 Å². The van der Waals surface area contributed by atoms with E-state index in [2.05, 4.69) is 5.32 Å². The van der Waals surface area contributed by atoms with Crippen LogP contribution in [0, 0.1) is 16.0 Å². The highest BCUT2D eigenvalue weighted by Crippen LogP contribution is 2.27. The van der Waals surface area contributed by atoms with Gasteiger partial charge >= 0.3 is 0 Å². The monoisotopic (exact) mass is 354 g/mol. The summed E-state index contributed by atoms with van der Waals surface area (Å²) in [6.07, 6.45) is 1.26. The maximum Gasteiger partial charge on any atom is 0.271 e. The van der Waals surface area contributed by atoms with Gasteiger partial charge in [-0.15, -0.1) is 0 Å². The second-order valence-electron chi connectivity index (χ2n) is 5.80. The van der Waals surface area contributed by atoms with Crippen LogP contribution in [0.4, 0.5) is 11.4 Å². The first-order chi connectivity index (χ1) is 11.3. The molecule has 1 unspecified atom stereocenters. The molecule has 2 amide bonds. The van der Waals surface area contributed by atoms with Crippen molar-refractivity contribution in [1.29, 1.82) is 0 Å². The number of nitrogens with one attached hydrogen (secondary N) is 1. The third-order valence-electron chi connectivity index (χ3n) is 4.28. The Hall–Kier alpha value is -2.19. The zero-order valence-electron chi connectivity index (χ0n) is 13.2. The summed E-state index contributed by atoms with van der Waals surface area (Å²) in [5.41, 5.74) is 5.49. The molecule has 0 aliphatic carbocycles. The van der Waals surface area contributed by atoms with Crippen molar-refractivity contribution in [3.05, 3.63) is 33.3 Å². The Morgan fingerprint density at radius 3 is 2.54 bits per heavy atom. The van der Waals surface area contributed by atoms with E-state index in [-0.39, 0.29) is 28.4 Å². The first kappa shape index (κ1) is 18.2. The topological polar surface area (TPSA) is 119 Å². The molecule has 3 N–H and O–H groups in total. The summed E-state index contributed by atoms with van der Waals surface area (Å²) < 4.78 is 0. The van der Waals surface area contributed by atoms with Gasteiger partial charge in [-0.3, -0.25) is 24.6 Å². The highest BCUT2D eigenvalue weighted by Gasteiger charge is 2.29. The number of primary amides is 1. The molecule has 0 aromatic heterocycles. The van der Waals surface area contributed by atoms with Gasteiger partial charge in [0.2, 0.25) is 11.8 Å². The molecule has 1 aliphatic heterocycles. The smallest absolute Gasteiger partial charge is 0.271 e. The number of nitro groups is 1. The largest absolute Gasteiger partial charge is 0.369 e. The van der Waals surface area contributed by atoms with Gasteiger partial charge in [-0.2, -0.15) is 0 Å². The molecule has 1 saturated heterocycles. The maximum absolute atomic E-state index is 12.4. The Bertz CT molecular complexity index is 659. The number of likely N-dealkylation sites (tertiary alicyclic amines) is 1. The lowest BCUT2D eigenvalue weighted by Crippen LogP contribution is -2.47. The number of hydrogen-bond acceptors (Lipinski definition) is 5. The number of non-ortho nitro benzene ring substituents is 1. The van der Waals surface area contributed by atoms with Crippen molar-refractivity contribution < 1.29 is 14.5 Å². The molecule has 130 valence electrons. The average Bonchev–Trinajstić information content (AvgIpc) is 2.55. The second-order valence-corrected chi connectivity index (χ2v) is 6.21. The summed E-state index contributed by atoms with van der Waals surface area (Å²) in [5.74, 6) is -0.701. The zero-order valence-corrected chi connectivity index (χ0v) is 14.0. The van der Waals surface area contributed by atoms with Crippen LogP contribution < -0.4 is 11.1 Å². The minimum Gasteiger partial charge on any atom is -0.369 e. The summed E-state index contributed by atoms with van der Waals surface area (Å²) in [5, 5.41) is 13.5. The molecule has 0 radical (unpaired) electrons. The second kappa shape index (κ2) is 7.59. The van der Waals surface area contributed by atoms with Crippen molar-refractivity contribution >= 4 is 34.8 Å². The lowest BCUT2D eigenvalue weighted by molar-refractivity contribution is -0.384. The fraction of sp³-hybridized carbons (Fsp3) is 0.467. The normalized spacial score (nSPS) is 17.2. The zero-order chi connectivity index (χ0) is 17.9. The molecular formula is C15H19ClN4O4. The molecule has 0 saturated carbocycles. The van der Waals surface area contributed by atoms with Gasteiger partial charge in [0.25, 0.3) is 5.69 Å². The van der Waals surface area contributed by atoms with Gasteiger partial charge in [0, 0.05) is 18.1 Å². The van der Waals surface area contributed by atoms with Crippen LogP contribution in [0.25, 0.3) is 0 Å². The van der Waals surface area contributed by atoms with E-state index in [4.69, 9.17) is 17.3 Å². The van der Waals surface area contributed by atoms with Crippen LogP contribution in [0.3, 0.4) is 0 Å². The number of hydrogen-bond donors (Lipinski definition) is 2. The van der Waals surface area contributed by atoms with E-state index in [0.717, 1.165) is 0 Å². The van der Waals surface area contributed by atoms with Crippen LogP contribution in [-0.2, 0) is 9.59 Å². The Morgan fingerprint density at radius 1 is 1.42 bits per heavy atom. The minimum atomic E-state index is -0.553. The van der Waals surface area contributed by atoms with E-state index in [0.29, 0.717) is 31.6 Å². The number of rotatable bonds is 5. The van der Waals surface area contributed by atoms with Gasteiger partial charge in [0.1, 0.15) is 0 Å². The number of amides is 2. The number of nitrogens with zero attached hydrogens (tertiary/aromatic N) is 2. The van der Waals surface area contributed by atoms with Crippen LogP contribution in [0.5, 0.6) is 0 Å². The van der Waals surface area contributed by atoms with Crippen molar-refractivity contribution in [3.63, 3.8) is 0 Å². The van der Waals surface area contributed by atoms with Crippen molar-refractivity contribution in [1.82, 2.24) is 4.90 Å². The van der Waals surface area contributed by atoms with Crippen molar-refractivity contribution in [3.8, 4) is 0 Å². The maximum atomic E-state index is 12.4. The molecule has 2 rings (SSSR count). The van der Waals surface area contributed by atoms with Gasteiger partial charge < -0.3 is 11.1 Å². The van der Waals surface area contributed by atoms with Crippen LogP contribution in [0.1, 0.15) is 19.8 Å². The molecular weight excluding hydrogens is 336 g/mol. The summed E-state index contributed by atoms with van der Waals surface area (Å²) >= 11 is 5.98. The molecule has 1 heterocycles. The first-order valence-corrected chi connectivity index (χ1v) is 7.95. The van der Waals surface area contributed by atoms with Crippen molar-refractivity contribution in [2.24, 2.45) is 11.7 Å².